The number of carbonyl (C=O) groups excluding carboxylic acids is 2. The summed E-state index contributed by atoms with van der Waals surface area (Å²) in [6, 6.07) is 0. The predicted molar refractivity (Wildman–Crippen MR) is 51.6 cm³/mol. The van der Waals surface area contributed by atoms with E-state index in [1.165, 1.54) is 0 Å². The van der Waals surface area contributed by atoms with Crippen LogP contribution in [0.2, 0.25) is 0 Å². The van der Waals surface area contributed by atoms with E-state index in [4.69, 9.17) is 4.74 Å². The molecule has 1 rings (SSSR count). The average molecular weight is 199 g/mol. The molecule has 4 heteroatoms. The van der Waals surface area contributed by atoms with Crippen LogP contribution in [0.15, 0.2) is 0 Å². The smallest absolute Gasteiger partial charge is 0.311 e. The largest absolute Gasteiger partial charge is 0.465 e. The Hall–Kier alpha value is -1.06. The van der Waals surface area contributed by atoms with Gasteiger partial charge in [-0.25, -0.2) is 0 Å². The van der Waals surface area contributed by atoms with Crippen LogP contribution in [0, 0.1) is 5.92 Å². The molecule has 0 saturated carbocycles. The highest BCUT2D eigenvalue weighted by atomic mass is 16.5. The number of rotatable bonds is 4. The van der Waals surface area contributed by atoms with Crippen molar-refractivity contribution in [1.29, 1.82) is 0 Å². The van der Waals surface area contributed by atoms with Crippen molar-refractivity contribution < 1.29 is 14.3 Å². The number of hydrogen-bond donors (Lipinski definition) is 0. The van der Waals surface area contributed by atoms with Gasteiger partial charge >= 0.3 is 5.97 Å². The van der Waals surface area contributed by atoms with Crippen LogP contribution in [0.4, 0.5) is 0 Å². The minimum atomic E-state index is -0.242. The Balaban J connectivity index is 2.40. The van der Waals surface area contributed by atoms with Crippen LogP contribution >= 0.6 is 0 Å². The van der Waals surface area contributed by atoms with E-state index in [2.05, 4.69) is 0 Å². The average Bonchev–Trinajstić information content (AvgIpc) is 2.56. The van der Waals surface area contributed by atoms with Gasteiger partial charge in [0, 0.05) is 19.5 Å². The van der Waals surface area contributed by atoms with E-state index in [0.29, 0.717) is 26.1 Å². The molecule has 4 nitrogen and oxygen atoms in total. The van der Waals surface area contributed by atoms with Crippen LogP contribution in [0.1, 0.15) is 26.7 Å². The molecule has 1 aliphatic heterocycles. The molecule has 0 aromatic rings. The highest BCUT2D eigenvalue weighted by molar-refractivity contribution is 5.86. The standard InChI is InChI=1S/C10H17NO3/c1-3-5-14-10(13)8-6-9(12)11(4-2)7-8/h8H,3-7H2,1-2H3. The van der Waals surface area contributed by atoms with Gasteiger partial charge in [0.05, 0.1) is 12.5 Å². The van der Waals surface area contributed by atoms with Gasteiger partial charge in [0.25, 0.3) is 0 Å². The molecule has 14 heavy (non-hydrogen) atoms. The van der Waals surface area contributed by atoms with Crippen molar-refractivity contribution >= 4 is 11.9 Å². The van der Waals surface area contributed by atoms with Crippen molar-refractivity contribution in [3.8, 4) is 0 Å². The van der Waals surface area contributed by atoms with Gasteiger partial charge in [-0.3, -0.25) is 9.59 Å². The molecule has 1 unspecified atom stereocenters. The van der Waals surface area contributed by atoms with E-state index in [9.17, 15) is 9.59 Å². The van der Waals surface area contributed by atoms with Gasteiger partial charge in [0.15, 0.2) is 0 Å². The van der Waals surface area contributed by atoms with Crippen molar-refractivity contribution in [1.82, 2.24) is 4.90 Å². The highest BCUT2D eigenvalue weighted by Crippen LogP contribution is 2.18. The number of nitrogens with zero attached hydrogens (tertiary/aromatic N) is 1. The quantitative estimate of drug-likeness (QED) is 0.629. The van der Waals surface area contributed by atoms with E-state index < -0.39 is 0 Å². The van der Waals surface area contributed by atoms with Gasteiger partial charge in [-0.1, -0.05) is 6.92 Å². The molecule has 0 bridgehead atoms. The first-order valence-electron chi connectivity index (χ1n) is 5.13. The Morgan fingerprint density at radius 2 is 2.29 bits per heavy atom. The summed E-state index contributed by atoms with van der Waals surface area (Å²) >= 11 is 0. The van der Waals surface area contributed by atoms with Gasteiger partial charge in [-0.05, 0) is 13.3 Å². The topological polar surface area (TPSA) is 46.6 Å². The van der Waals surface area contributed by atoms with Gasteiger partial charge in [0.1, 0.15) is 0 Å². The Labute approximate surface area is 84.2 Å². The summed E-state index contributed by atoms with van der Waals surface area (Å²) in [5.41, 5.74) is 0. The second-order valence-electron chi connectivity index (χ2n) is 3.50. The number of likely N-dealkylation sites (tertiary alicyclic amines) is 1. The molecule has 0 spiro atoms. The molecular formula is C10H17NO3. The molecular weight excluding hydrogens is 182 g/mol. The van der Waals surface area contributed by atoms with Crippen molar-refractivity contribution in [3.05, 3.63) is 0 Å². The van der Waals surface area contributed by atoms with Crippen LogP contribution in [0.3, 0.4) is 0 Å². The van der Waals surface area contributed by atoms with Gasteiger partial charge in [-0.15, -0.1) is 0 Å². The van der Waals surface area contributed by atoms with Crippen LogP contribution in [-0.4, -0.2) is 36.5 Å². The molecule has 0 aromatic heterocycles. The second-order valence-corrected chi connectivity index (χ2v) is 3.50. The van der Waals surface area contributed by atoms with E-state index in [0.717, 1.165) is 6.42 Å². The summed E-state index contributed by atoms with van der Waals surface area (Å²) in [6.07, 6.45) is 1.14. The second kappa shape index (κ2) is 4.98. The Kier molecular flexibility index (Phi) is 3.92. The number of hydrogen-bond acceptors (Lipinski definition) is 3. The van der Waals surface area contributed by atoms with Crippen molar-refractivity contribution in [2.45, 2.75) is 26.7 Å². The maximum Gasteiger partial charge on any atom is 0.311 e. The predicted octanol–water partition coefficient (Wildman–Crippen LogP) is 0.808. The minimum absolute atomic E-state index is 0.0611. The summed E-state index contributed by atoms with van der Waals surface area (Å²) in [5, 5.41) is 0. The summed E-state index contributed by atoms with van der Waals surface area (Å²) < 4.78 is 5.00. The lowest BCUT2D eigenvalue weighted by molar-refractivity contribution is -0.148. The monoisotopic (exact) mass is 199 g/mol. The third-order valence-corrected chi connectivity index (χ3v) is 2.38. The summed E-state index contributed by atoms with van der Waals surface area (Å²) in [5.74, 6) is -0.406. The zero-order valence-electron chi connectivity index (χ0n) is 8.78. The zero-order chi connectivity index (χ0) is 10.6. The van der Waals surface area contributed by atoms with Crippen molar-refractivity contribution in [2.75, 3.05) is 19.7 Å². The van der Waals surface area contributed by atoms with Gasteiger partial charge in [-0.2, -0.15) is 0 Å². The number of ether oxygens (including phenoxy) is 1. The molecule has 1 aliphatic rings. The highest BCUT2D eigenvalue weighted by Gasteiger charge is 2.34. The Morgan fingerprint density at radius 1 is 1.57 bits per heavy atom. The normalized spacial score (nSPS) is 21.4. The molecule has 80 valence electrons. The maximum atomic E-state index is 11.4. The third kappa shape index (κ3) is 2.47. The lowest BCUT2D eigenvalue weighted by Crippen LogP contribution is -2.26. The molecule has 1 fully saturated rings. The molecule has 1 atom stereocenters. The van der Waals surface area contributed by atoms with Crippen LogP contribution < -0.4 is 0 Å². The number of carbonyl (C=O) groups is 2. The fourth-order valence-electron chi connectivity index (χ4n) is 1.56. The molecule has 1 heterocycles. The lowest BCUT2D eigenvalue weighted by atomic mass is 10.1. The van der Waals surface area contributed by atoms with E-state index in [-0.39, 0.29) is 17.8 Å². The van der Waals surface area contributed by atoms with Crippen LogP contribution in [0.5, 0.6) is 0 Å². The fourth-order valence-corrected chi connectivity index (χ4v) is 1.56. The van der Waals surface area contributed by atoms with E-state index in [1.807, 2.05) is 13.8 Å². The summed E-state index contributed by atoms with van der Waals surface area (Å²) in [7, 11) is 0. The van der Waals surface area contributed by atoms with E-state index >= 15 is 0 Å². The molecule has 0 aliphatic carbocycles. The third-order valence-electron chi connectivity index (χ3n) is 2.38. The zero-order valence-corrected chi connectivity index (χ0v) is 8.78. The van der Waals surface area contributed by atoms with Gasteiger partial charge in [0.2, 0.25) is 5.91 Å². The Morgan fingerprint density at radius 3 is 2.79 bits per heavy atom. The van der Waals surface area contributed by atoms with Gasteiger partial charge < -0.3 is 9.64 Å². The molecule has 0 N–H and O–H groups in total. The summed E-state index contributed by atoms with van der Waals surface area (Å²) in [6.45, 7) is 5.52. The SMILES string of the molecule is CCCOC(=O)C1CC(=O)N(CC)C1. The lowest BCUT2D eigenvalue weighted by Gasteiger charge is -2.12. The van der Waals surface area contributed by atoms with Crippen LogP contribution in [0.25, 0.3) is 0 Å². The molecule has 1 amide bonds. The maximum absolute atomic E-state index is 11.4. The molecule has 0 aromatic carbocycles. The minimum Gasteiger partial charge on any atom is -0.465 e. The van der Waals surface area contributed by atoms with Crippen LogP contribution in [-0.2, 0) is 14.3 Å². The van der Waals surface area contributed by atoms with Crippen molar-refractivity contribution in [3.63, 3.8) is 0 Å². The first kappa shape index (κ1) is 11.0. The molecule has 1 saturated heterocycles. The first-order valence-corrected chi connectivity index (χ1v) is 5.13. The van der Waals surface area contributed by atoms with Crippen molar-refractivity contribution in [2.24, 2.45) is 5.92 Å². The van der Waals surface area contributed by atoms with E-state index in [1.54, 1.807) is 4.90 Å². The number of amides is 1. The molecule has 0 radical (unpaired) electrons. The summed E-state index contributed by atoms with van der Waals surface area (Å²) in [4.78, 5) is 24.4. The Bertz CT molecular complexity index is 227. The fraction of sp³-hybridized carbons (Fsp3) is 0.800. The number of esters is 1. The first-order chi connectivity index (χ1) is 6.69.